The minimum absolute atomic E-state index is 0.0936. The van der Waals surface area contributed by atoms with Gasteiger partial charge in [0, 0.05) is 24.1 Å². The molecule has 0 N–H and O–H groups in total. The van der Waals surface area contributed by atoms with Gasteiger partial charge in [0.05, 0.1) is 12.8 Å². The van der Waals surface area contributed by atoms with Gasteiger partial charge in [0.1, 0.15) is 5.60 Å². The highest BCUT2D eigenvalue weighted by Crippen LogP contribution is 2.30. The van der Waals surface area contributed by atoms with Crippen LogP contribution in [-0.2, 0) is 22.5 Å². The van der Waals surface area contributed by atoms with E-state index in [1.165, 1.54) is 23.9 Å². The average molecular weight is 402 g/mol. The zero-order chi connectivity index (χ0) is 21.2. The maximum Gasteiger partial charge on any atom is 0.306 e. The summed E-state index contributed by atoms with van der Waals surface area (Å²) in [5.41, 5.74) is 0.723. The lowest BCUT2D eigenvalue weighted by Gasteiger charge is -2.19. The predicted octanol–water partition coefficient (Wildman–Crippen LogP) is 3.74. The van der Waals surface area contributed by atoms with E-state index in [9.17, 15) is 14.0 Å². The first-order valence-corrected chi connectivity index (χ1v) is 9.83. The van der Waals surface area contributed by atoms with Crippen LogP contribution in [0.2, 0.25) is 0 Å². The third-order valence-electron chi connectivity index (χ3n) is 4.64. The average Bonchev–Trinajstić information content (AvgIpc) is 3.45. The van der Waals surface area contributed by atoms with E-state index in [-0.39, 0.29) is 30.1 Å². The standard InChI is InChI=1S/C22H27FN2O4/c1-22(2,3)29-20(26)10-8-16-12-18(15-7-9-19(28-4)17(23)11-15)24-25(21(16)27)13-14-5-6-14/h7,9,11-12,14H,5-6,8,10,13H2,1-4H3. The van der Waals surface area contributed by atoms with Crippen LogP contribution in [0.3, 0.4) is 0 Å². The maximum atomic E-state index is 14.2. The Morgan fingerprint density at radius 2 is 2.00 bits per heavy atom. The molecule has 2 aromatic rings. The van der Waals surface area contributed by atoms with Crippen molar-refractivity contribution in [3.63, 3.8) is 0 Å². The number of aryl methyl sites for hydroxylation is 1. The molecule has 7 heteroatoms. The van der Waals surface area contributed by atoms with E-state index >= 15 is 0 Å². The molecule has 0 saturated heterocycles. The van der Waals surface area contributed by atoms with Crippen LogP contribution >= 0.6 is 0 Å². The molecule has 0 atom stereocenters. The summed E-state index contributed by atoms with van der Waals surface area (Å²) >= 11 is 0. The van der Waals surface area contributed by atoms with Crippen molar-refractivity contribution in [2.24, 2.45) is 5.92 Å². The van der Waals surface area contributed by atoms with Crippen LogP contribution < -0.4 is 10.3 Å². The molecule has 29 heavy (non-hydrogen) atoms. The van der Waals surface area contributed by atoms with E-state index in [0.29, 0.717) is 29.3 Å². The first-order chi connectivity index (χ1) is 13.7. The second-order valence-corrected chi connectivity index (χ2v) is 8.42. The SMILES string of the molecule is COc1ccc(-c2cc(CCC(=O)OC(C)(C)C)c(=O)n(CC3CC3)n2)cc1F. The van der Waals surface area contributed by atoms with E-state index < -0.39 is 11.4 Å². The van der Waals surface area contributed by atoms with Crippen molar-refractivity contribution < 1.29 is 18.7 Å². The Morgan fingerprint density at radius 1 is 1.28 bits per heavy atom. The van der Waals surface area contributed by atoms with Crippen molar-refractivity contribution >= 4 is 5.97 Å². The zero-order valence-corrected chi connectivity index (χ0v) is 17.3. The lowest BCUT2D eigenvalue weighted by Crippen LogP contribution is -2.29. The summed E-state index contributed by atoms with van der Waals surface area (Å²) in [5, 5.41) is 4.45. The van der Waals surface area contributed by atoms with Crippen LogP contribution in [0.25, 0.3) is 11.3 Å². The fourth-order valence-electron chi connectivity index (χ4n) is 3.04. The molecule has 1 aromatic heterocycles. The summed E-state index contributed by atoms with van der Waals surface area (Å²) in [6.07, 6.45) is 2.48. The predicted molar refractivity (Wildman–Crippen MR) is 107 cm³/mol. The molecule has 1 aliphatic rings. The minimum atomic E-state index is -0.576. The number of carbonyl (C=O) groups excluding carboxylic acids is 1. The molecule has 1 saturated carbocycles. The molecule has 0 spiro atoms. The molecule has 1 aromatic carbocycles. The third-order valence-corrected chi connectivity index (χ3v) is 4.64. The van der Waals surface area contributed by atoms with Crippen molar-refractivity contribution in [2.45, 2.75) is 58.6 Å². The quantitative estimate of drug-likeness (QED) is 0.660. The van der Waals surface area contributed by atoms with Gasteiger partial charge in [-0.15, -0.1) is 0 Å². The molecule has 0 amide bonds. The monoisotopic (exact) mass is 402 g/mol. The van der Waals surface area contributed by atoms with Crippen LogP contribution in [0.5, 0.6) is 5.75 Å². The Hall–Kier alpha value is -2.70. The van der Waals surface area contributed by atoms with Crippen LogP contribution in [0.1, 0.15) is 45.6 Å². The summed E-state index contributed by atoms with van der Waals surface area (Å²) < 4.78 is 25.9. The van der Waals surface area contributed by atoms with Crippen molar-refractivity contribution in [2.75, 3.05) is 7.11 Å². The molecule has 1 aliphatic carbocycles. The van der Waals surface area contributed by atoms with Gasteiger partial charge >= 0.3 is 5.97 Å². The largest absolute Gasteiger partial charge is 0.494 e. The van der Waals surface area contributed by atoms with Crippen LogP contribution in [0, 0.1) is 11.7 Å². The second-order valence-electron chi connectivity index (χ2n) is 8.42. The molecule has 3 rings (SSSR count). The van der Waals surface area contributed by atoms with E-state index in [1.54, 1.807) is 32.9 Å². The lowest BCUT2D eigenvalue weighted by atomic mass is 10.1. The van der Waals surface area contributed by atoms with Gasteiger partial charge in [-0.2, -0.15) is 5.10 Å². The van der Waals surface area contributed by atoms with Gasteiger partial charge in [-0.25, -0.2) is 9.07 Å². The van der Waals surface area contributed by atoms with Gasteiger partial charge in [0.15, 0.2) is 11.6 Å². The molecule has 1 fully saturated rings. The molecule has 6 nitrogen and oxygen atoms in total. The summed E-state index contributed by atoms with van der Waals surface area (Å²) in [6.45, 7) is 5.94. The van der Waals surface area contributed by atoms with E-state index in [1.807, 2.05) is 0 Å². The molecule has 0 radical (unpaired) electrons. The van der Waals surface area contributed by atoms with Gasteiger partial charge in [-0.05, 0) is 70.2 Å². The topological polar surface area (TPSA) is 70.4 Å². The third kappa shape index (κ3) is 5.65. The molecule has 0 bridgehead atoms. The number of methoxy groups -OCH3 is 1. The smallest absolute Gasteiger partial charge is 0.306 e. The van der Waals surface area contributed by atoms with E-state index in [4.69, 9.17) is 9.47 Å². The maximum absolute atomic E-state index is 14.2. The van der Waals surface area contributed by atoms with Gasteiger partial charge in [0.2, 0.25) is 0 Å². The molecule has 156 valence electrons. The van der Waals surface area contributed by atoms with Gasteiger partial charge in [-0.3, -0.25) is 9.59 Å². The van der Waals surface area contributed by atoms with Crippen molar-refractivity contribution in [3.8, 4) is 17.0 Å². The highest BCUT2D eigenvalue weighted by molar-refractivity contribution is 5.70. The van der Waals surface area contributed by atoms with Gasteiger partial charge in [0.25, 0.3) is 5.56 Å². The van der Waals surface area contributed by atoms with Crippen molar-refractivity contribution in [3.05, 3.63) is 46.0 Å². The van der Waals surface area contributed by atoms with Crippen molar-refractivity contribution in [1.29, 1.82) is 0 Å². The van der Waals surface area contributed by atoms with E-state index in [2.05, 4.69) is 5.10 Å². The lowest BCUT2D eigenvalue weighted by molar-refractivity contribution is -0.154. The Balaban J connectivity index is 1.90. The van der Waals surface area contributed by atoms with Crippen LogP contribution in [0.15, 0.2) is 29.1 Å². The number of carbonyl (C=O) groups is 1. The number of aromatic nitrogens is 2. The Kier molecular flexibility index (Phi) is 6.05. The first-order valence-electron chi connectivity index (χ1n) is 9.83. The Labute approximate surface area is 169 Å². The Bertz CT molecular complexity index is 958. The molecule has 0 aliphatic heterocycles. The second kappa shape index (κ2) is 8.35. The van der Waals surface area contributed by atoms with Crippen molar-refractivity contribution in [1.82, 2.24) is 9.78 Å². The molecular weight excluding hydrogens is 375 g/mol. The molecule has 0 unspecified atom stereocenters. The highest BCUT2D eigenvalue weighted by atomic mass is 19.1. The number of esters is 1. The molecule has 1 heterocycles. The Morgan fingerprint density at radius 3 is 2.59 bits per heavy atom. The number of halogens is 1. The van der Waals surface area contributed by atoms with Crippen LogP contribution in [-0.4, -0.2) is 28.5 Å². The summed E-state index contributed by atoms with van der Waals surface area (Å²) in [7, 11) is 1.40. The number of rotatable bonds is 7. The minimum Gasteiger partial charge on any atom is -0.494 e. The zero-order valence-electron chi connectivity index (χ0n) is 17.3. The number of benzene rings is 1. The number of hydrogen-bond acceptors (Lipinski definition) is 5. The fourth-order valence-corrected chi connectivity index (χ4v) is 3.04. The summed E-state index contributed by atoms with van der Waals surface area (Å²) in [4.78, 5) is 24.9. The van der Waals surface area contributed by atoms with Gasteiger partial charge in [-0.1, -0.05) is 0 Å². The van der Waals surface area contributed by atoms with Crippen LogP contribution in [0.4, 0.5) is 4.39 Å². The van der Waals surface area contributed by atoms with Gasteiger partial charge < -0.3 is 9.47 Å². The summed E-state index contributed by atoms with van der Waals surface area (Å²) in [6, 6.07) is 6.21. The molecular formula is C22H27FN2O4. The van der Waals surface area contributed by atoms with E-state index in [0.717, 1.165) is 12.8 Å². The number of nitrogens with zero attached hydrogens (tertiary/aromatic N) is 2. The summed E-state index contributed by atoms with van der Waals surface area (Å²) in [5.74, 6) is -0.270. The highest BCUT2D eigenvalue weighted by Gasteiger charge is 2.24. The number of hydrogen-bond donors (Lipinski definition) is 0. The fraction of sp³-hybridized carbons (Fsp3) is 0.500. The first kappa shape index (κ1) is 21.0. The normalized spacial score (nSPS) is 14.0. The number of ether oxygens (including phenoxy) is 2.